The number of tetrazole rings is 1. The highest BCUT2D eigenvalue weighted by molar-refractivity contribution is 14.1. The topological polar surface area (TPSA) is 111 Å². The summed E-state index contributed by atoms with van der Waals surface area (Å²) in [6.07, 6.45) is 1.26. The summed E-state index contributed by atoms with van der Waals surface area (Å²) in [5, 5.41) is 33.9. The highest BCUT2D eigenvalue weighted by Crippen LogP contribution is 2.29. The lowest BCUT2D eigenvalue weighted by molar-refractivity contribution is 0.432. The number of anilines is 1. The molecule has 1 aromatic carbocycles. The zero-order chi connectivity index (χ0) is 13.8. The van der Waals surface area contributed by atoms with Gasteiger partial charge in [-0.1, -0.05) is 0 Å². The van der Waals surface area contributed by atoms with Crippen LogP contribution >= 0.6 is 22.6 Å². The van der Waals surface area contributed by atoms with Crippen LogP contribution in [0.1, 0.15) is 5.82 Å². The second-order valence-corrected chi connectivity index (χ2v) is 4.47. The second-order valence-electron chi connectivity index (χ2n) is 3.31. The number of nitrogens with zero attached hydrogens (tertiary/aromatic N) is 4. The van der Waals surface area contributed by atoms with Crippen LogP contribution in [0.4, 0.5) is 10.1 Å². The van der Waals surface area contributed by atoms with E-state index >= 15 is 0 Å². The molecule has 7 nitrogen and oxygen atoms in total. The minimum Gasteiger partial charge on any atom is -0.503 e. The number of hydrogen-bond acceptors (Lipinski definition) is 6. The number of halogens is 2. The largest absolute Gasteiger partial charge is 0.503 e. The van der Waals surface area contributed by atoms with E-state index in [9.17, 15) is 9.50 Å². The first-order chi connectivity index (χ1) is 9.13. The molecule has 0 bridgehead atoms. The van der Waals surface area contributed by atoms with Crippen molar-refractivity contribution in [2.45, 2.75) is 0 Å². The molecule has 1 heterocycles. The molecule has 2 rings (SSSR count). The third kappa shape index (κ3) is 2.79. The van der Waals surface area contributed by atoms with Gasteiger partial charge in [0.05, 0.1) is 9.26 Å². The lowest BCUT2D eigenvalue weighted by atomic mass is 10.2. The molecule has 3 N–H and O–H groups in total. The van der Waals surface area contributed by atoms with E-state index in [-0.39, 0.29) is 17.1 Å². The molecule has 0 spiro atoms. The molecular weight excluding hydrogens is 366 g/mol. The highest BCUT2D eigenvalue weighted by atomic mass is 127. The van der Waals surface area contributed by atoms with Crippen molar-refractivity contribution in [3.8, 4) is 11.8 Å². The molecule has 0 aliphatic carbocycles. The summed E-state index contributed by atoms with van der Waals surface area (Å²) in [7, 11) is 0. The first-order valence-electron chi connectivity index (χ1n) is 4.91. The number of phenolic OH excluding ortho intramolecular Hbond substituents is 1. The van der Waals surface area contributed by atoms with Gasteiger partial charge in [-0.05, 0) is 39.9 Å². The van der Waals surface area contributed by atoms with Gasteiger partial charge >= 0.3 is 0 Å². The summed E-state index contributed by atoms with van der Waals surface area (Å²) in [6.45, 7) is 0. The maximum Gasteiger partial charge on any atom is 0.216 e. The normalized spacial score (nSPS) is 11.1. The van der Waals surface area contributed by atoms with E-state index in [2.05, 4.69) is 25.9 Å². The Bertz CT molecular complexity index is 663. The number of aromatic hydroxyl groups is 1. The van der Waals surface area contributed by atoms with Crippen LogP contribution in [0, 0.1) is 20.7 Å². The van der Waals surface area contributed by atoms with E-state index in [1.807, 2.05) is 6.07 Å². The van der Waals surface area contributed by atoms with Gasteiger partial charge in [0.15, 0.2) is 11.6 Å². The number of rotatable bonds is 3. The Balaban J connectivity index is 2.28. The monoisotopic (exact) mass is 372 g/mol. The molecule has 0 saturated heterocycles. The summed E-state index contributed by atoms with van der Waals surface area (Å²) in [5.41, 5.74) is 0.223. The molecular formula is C10H6FIN6O. The number of nitrogens with one attached hydrogen (secondary N) is 2. The zero-order valence-electron chi connectivity index (χ0n) is 9.22. The molecule has 0 saturated carbocycles. The molecule has 19 heavy (non-hydrogen) atoms. The van der Waals surface area contributed by atoms with Gasteiger partial charge in [0.25, 0.3) is 0 Å². The van der Waals surface area contributed by atoms with Crippen molar-refractivity contribution in [2.24, 2.45) is 0 Å². The van der Waals surface area contributed by atoms with Gasteiger partial charge in [-0.15, -0.1) is 10.2 Å². The fourth-order valence-corrected chi connectivity index (χ4v) is 1.66. The second kappa shape index (κ2) is 5.61. The van der Waals surface area contributed by atoms with Crippen LogP contribution in [-0.2, 0) is 0 Å². The summed E-state index contributed by atoms with van der Waals surface area (Å²) in [4.78, 5) is 0. The molecule has 0 amide bonds. The SMILES string of the molecule is N#CC(=CNc1ccc(I)c(F)c1O)c1nn[nH]n1. The Morgan fingerprint density at radius 2 is 2.37 bits per heavy atom. The lowest BCUT2D eigenvalue weighted by Crippen LogP contribution is -1.95. The smallest absolute Gasteiger partial charge is 0.216 e. The number of benzene rings is 1. The van der Waals surface area contributed by atoms with Gasteiger partial charge in [-0.3, -0.25) is 0 Å². The summed E-state index contributed by atoms with van der Waals surface area (Å²) in [6, 6.07) is 4.84. The standard InChI is InChI=1S/C10H6FIN6O/c11-8-6(12)1-2-7(9(8)19)14-4-5(3-13)10-15-17-18-16-10/h1-2,4,14,19H,(H,15,16,17,18). The van der Waals surface area contributed by atoms with E-state index in [4.69, 9.17) is 5.26 Å². The average Bonchev–Trinajstić information content (AvgIpc) is 2.93. The number of aromatic nitrogens is 4. The quantitative estimate of drug-likeness (QED) is 0.429. The summed E-state index contributed by atoms with van der Waals surface area (Å²) >= 11 is 1.76. The van der Waals surface area contributed by atoms with E-state index in [0.717, 1.165) is 0 Å². The Morgan fingerprint density at radius 3 is 3.00 bits per heavy atom. The van der Waals surface area contributed by atoms with Crippen LogP contribution < -0.4 is 5.32 Å². The number of phenols is 1. The van der Waals surface area contributed by atoms with E-state index in [1.165, 1.54) is 18.3 Å². The van der Waals surface area contributed by atoms with Crippen molar-refractivity contribution in [3.05, 3.63) is 33.5 Å². The minimum atomic E-state index is -0.725. The van der Waals surface area contributed by atoms with E-state index in [0.29, 0.717) is 3.57 Å². The van der Waals surface area contributed by atoms with Crippen LogP contribution in [0.3, 0.4) is 0 Å². The maximum absolute atomic E-state index is 13.4. The van der Waals surface area contributed by atoms with Crippen molar-refractivity contribution in [1.29, 1.82) is 5.26 Å². The van der Waals surface area contributed by atoms with Crippen molar-refractivity contribution >= 4 is 33.9 Å². The molecule has 96 valence electrons. The van der Waals surface area contributed by atoms with Gasteiger partial charge in [0, 0.05) is 6.20 Å². The fourth-order valence-electron chi connectivity index (χ4n) is 1.23. The summed E-state index contributed by atoms with van der Waals surface area (Å²) < 4.78 is 13.7. The van der Waals surface area contributed by atoms with Crippen LogP contribution in [0.2, 0.25) is 0 Å². The Hall–Kier alpha value is -2.22. The third-order valence-electron chi connectivity index (χ3n) is 2.15. The molecule has 2 aromatic rings. The van der Waals surface area contributed by atoms with Crippen LogP contribution in [0.5, 0.6) is 5.75 Å². The zero-order valence-corrected chi connectivity index (χ0v) is 11.4. The molecule has 0 unspecified atom stereocenters. The average molecular weight is 372 g/mol. The van der Waals surface area contributed by atoms with E-state index < -0.39 is 11.6 Å². The number of allylic oxidation sites excluding steroid dienone is 1. The molecule has 1 aromatic heterocycles. The third-order valence-corrected chi connectivity index (χ3v) is 2.98. The Labute approximate surface area is 120 Å². The van der Waals surface area contributed by atoms with Gasteiger partial charge in [-0.2, -0.15) is 10.5 Å². The van der Waals surface area contributed by atoms with Gasteiger partial charge in [0.2, 0.25) is 5.82 Å². The molecule has 0 fully saturated rings. The van der Waals surface area contributed by atoms with Crippen molar-refractivity contribution in [1.82, 2.24) is 20.6 Å². The predicted octanol–water partition coefficient (Wildman–Crippen LogP) is 1.63. The van der Waals surface area contributed by atoms with Crippen LogP contribution in [0.15, 0.2) is 18.3 Å². The highest BCUT2D eigenvalue weighted by Gasteiger charge is 2.11. The van der Waals surface area contributed by atoms with Gasteiger partial charge in [0.1, 0.15) is 11.6 Å². The predicted molar refractivity (Wildman–Crippen MR) is 72.2 cm³/mol. The lowest BCUT2D eigenvalue weighted by Gasteiger charge is -2.06. The van der Waals surface area contributed by atoms with E-state index in [1.54, 1.807) is 22.6 Å². The molecule has 0 atom stereocenters. The number of H-pyrrole nitrogens is 1. The minimum absolute atomic E-state index is 0.0899. The Morgan fingerprint density at radius 1 is 1.58 bits per heavy atom. The number of nitriles is 1. The molecule has 0 aliphatic heterocycles. The number of hydrogen-bond donors (Lipinski definition) is 3. The van der Waals surface area contributed by atoms with Crippen molar-refractivity contribution in [2.75, 3.05) is 5.32 Å². The van der Waals surface area contributed by atoms with Gasteiger partial charge < -0.3 is 10.4 Å². The van der Waals surface area contributed by atoms with Crippen molar-refractivity contribution in [3.63, 3.8) is 0 Å². The maximum atomic E-state index is 13.4. The first kappa shape index (κ1) is 13.2. The number of aromatic amines is 1. The van der Waals surface area contributed by atoms with Crippen molar-refractivity contribution < 1.29 is 9.50 Å². The van der Waals surface area contributed by atoms with Crippen LogP contribution in [-0.4, -0.2) is 25.7 Å². The summed E-state index contributed by atoms with van der Waals surface area (Å²) in [5.74, 6) is -1.15. The first-order valence-corrected chi connectivity index (χ1v) is 5.99. The molecule has 9 heteroatoms. The van der Waals surface area contributed by atoms with Gasteiger partial charge in [-0.25, -0.2) is 4.39 Å². The Kier molecular flexibility index (Phi) is 3.91. The fraction of sp³-hybridized carbons (Fsp3) is 0. The van der Waals surface area contributed by atoms with Crippen LogP contribution in [0.25, 0.3) is 5.57 Å². The molecule has 0 aliphatic rings. The molecule has 0 radical (unpaired) electrons.